The minimum absolute atomic E-state index is 0.195. The van der Waals surface area contributed by atoms with E-state index in [1.807, 2.05) is 12.2 Å². The van der Waals surface area contributed by atoms with E-state index in [9.17, 15) is 13.6 Å². The van der Waals surface area contributed by atoms with E-state index >= 15 is 0 Å². The van der Waals surface area contributed by atoms with Crippen molar-refractivity contribution in [1.82, 2.24) is 0 Å². The maximum absolute atomic E-state index is 13.3. The number of anilines is 1. The summed E-state index contributed by atoms with van der Waals surface area (Å²) in [5.74, 6) is -2.01. The van der Waals surface area contributed by atoms with Crippen molar-refractivity contribution in [3.8, 4) is 0 Å². The summed E-state index contributed by atoms with van der Waals surface area (Å²) in [5.41, 5.74) is -0.355. The second kappa shape index (κ2) is 5.08. The summed E-state index contributed by atoms with van der Waals surface area (Å²) >= 11 is 0. The molecule has 0 heterocycles. The van der Waals surface area contributed by atoms with Gasteiger partial charge >= 0.3 is 0 Å². The average Bonchev–Trinajstić information content (AvgIpc) is 2.35. The SMILES string of the molecule is O=C(Nc1c(F)cccc1F)C1CC=CCC1. The molecule has 0 saturated carbocycles. The quantitative estimate of drug-likeness (QED) is 0.786. The molecule has 2 nitrogen and oxygen atoms in total. The molecule has 0 saturated heterocycles. The molecule has 0 fully saturated rings. The summed E-state index contributed by atoms with van der Waals surface area (Å²) < 4.78 is 26.6. The van der Waals surface area contributed by atoms with Crippen LogP contribution in [0.4, 0.5) is 14.5 Å². The van der Waals surface area contributed by atoms with Crippen LogP contribution in [0, 0.1) is 17.6 Å². The van der Waals surface area contributed by atoms with Crippen molar-refractivity contribution in [2.24, 2.45) is 5.92 Å². The predicted molar refractivity (Wildman–Crippen MR) is 61.5 cm³/mol. The zero-order chi connectivity index (χ0) is 12.3. The van der Waals surface area contributed by atoms with Crippen LogP contribution in [-0.4, -0.2) is 5.91 Å². The maximum atomic E-state index is 13.3. The Bertz CT molecular complexity index is 436. The van der Waals surface area contributed by atoms with Crippen molar-refractivity contribution in [2.75, 3.05) is 5.32 Å². The predicted octanol–water partition coefficient (Wildman–Crippen LogP) is 3.26. The fraction of sp³-hybridized carbons (Fsp3) is 0.308. The lowest BCUT2D eigenvalue weighted by atomic mass is 9.93. The summed E-state index contributed by atoms with van der Waals surface area (Å²) in [5, 5.41) is 2.33. The van der Waals surface area contributed by atoms with Crippen LogP contribution in [0.5, 0.6) is 0 Å². The van der Waals surface area contributed by atoms with Crippen molar-refractivity contribution in [1.29, 1.82) is 0 Å². The summed E-state index contributed by atoms with van der Waals surface area (Å²) in [7, 11) is 0. The number of nitrogens with one attached hydrogen (secondary N) is 1. The molecule has 1 unspecified atom stereocenters. The van der Waals surface area contributed by atoms with Gasteiger partial charge in [0.05, 0.1) is 0 Å². The van der Waals surface area contributed by atoms with Crippen LogP contribution >= 0.6 is 0 Å². The highest BCUT2D eigenvalue weighted by molar-refractivity contribution is 5.93. The molecule has 1 aromatic carbocycles. The number of benzene rings is 1. The van der Waals surface area contributed by atoms with Crippen LogP contribution in [0.15, 0.2) is 30.4 Å². The molecule has 1 aliphatic rings. The van der Waals surface area contributed by atoms with Crippen LogP contribution in [0.1, 0.15) is 19.3 Å². The highest BCUT2D eigenvalue weighted by Crippen LogP contribution is 2.23. The van der Waals surface area contributed by atoms with Crippen molar-refractivity contribution in [3.05, 3.63) is 42.0 Å². The molecule has 2 rings (SSSR count). The Labute approximate surface area is 98.3 Å². The molecule has 1 aliphatic carbocycles. The van der Waals surface area contributed by atoms with Crippen LogP contribution in [0.2, 0.25) is 0 Å². The fourth-order valence-electron chi connectivity index (χ4n) is 1.87. The van der Waals surface area contributed by atoms with Crippen molar-refractivity contribution in [2.45, 2.75) is 19.3 Å². The van der Waals surface area contributed by atoms with E-state index in [1.165, 1.54) is 6.07 Å². The lowest BCUT2D eigenvalue weighted by Gasteiger charge is -2.17. The van der Waals surface area contributed by atoms with Gasteiger partial charge in [0, 0.05) is 5.92 Å². The van der Waals surface area contributed by atoms with Crippen molar-refractivity contribution >= 4 is 11.6 Å². The summed E-state index contributed by atoms with van der Waals surface area (Å²) in [6.07, 6.45) is 6.11. The molecule has 0 aromatic heterocycles. The number of carbonyl (C=O) groups excluding carboxylic acids is 1. The molecule has 1 aromatic rings. The van der Waals surface area contributed by atoms with E-state index < -0.39 is 11.6 Å². The van der Waals surface area contributed by atoms with Crippen LogP contribution in [0.3, 0.4) is 0 Å². The Morgan fingerprint density at radius 2 is 1.94 bits per heavy atom. The first-order chi connectivity index (χ1) is 8.18. The molecule has 4 heteroatoms. The van der Waals surface area contributed by atoms with Gasteiger partial charge in [0.2, 0.25) is 5.91 Å². The number of rotatable bonds is 2. The number of allylic oxidation sites excluding steroid dienone is 2. The van der Waals surface area contributed by atoms with Gasteiger partial charge in [-0.1, -0.05) is 18.2 Å². The highest BCUT2D eigenvalue weighted by atomic mass is 19.1. The number of halogens is 2. The zero-order valence-electron chi connectivity index (χ0n) is 9.25. The van der Waals surface area contributed by atoms with Gasteiger partial charge in [-0.25, -0.2) is 8.78 Å². The Morgan fingerprint density at radius 1 is 1.24 bits per heavy atom. The molecule has 90 valence electrons. The first-order valence-corrected chi connectivity index (χ1v) is 5.58. The summed E-state index contributed by atoms with van der Waals surface area (Å²) in [6, 6.07) is 3.52. The van der Waals surface area contributed by atoms with Crippen molar-refractivity contribution < 1.29 is 13.6 Å². The van der Waals surface area contributed by atoms with E-state index in [1.54, 1.807) is 0 Å². The molecule has 0 spiro atoms. The molecule has 1 amide bonds. The van der Waals surface area contributed by atoms with Gasteiger partial charge in [0.15, 0.2) is 0 Å². The lowest BCUT2D eigenvalue weighted by molar-refractivity contribution is -0.120. The van der Waals surface area contributed by atoms with E-state index in [-0.39, 0.29) is 17.5 Å². The van der Waals surface area contributed by atoms with Gasteiger partial charge in [0.1, 0.15) is 17.3 Å². The number of hydrogen-bond donors (Lipinski definition) is 1. The Morgan fingerprint density at radius 3 is 2.53 bits per heavy atom. The average molecular weight is 237 g/mol. The monoisotopic (exact) mass is 237 g/mol. The molecule has 1 atom stereocenters. The number of para-hydroxylation sites is 1. The fourth-order valence-corrected chi connectivity index (χ4v) is 1.87. The van der Waals surface area contributed by atoms with Gasteiger partial charge in [-0.2, -0.15) is 0 Å². The van der Waals surface area contributed by atoms with Gasteiger partial charge < -0.3 is 5.32 Å². The minimum Gasteiger partial charge on any atom is -0.321 e. The Hall–Kier alpha value is -1.71. The molecular formula is C13H13F2NO. The van der Waals surface area contributed by atoms with Gasteiger partial charge in [-0.05, 0) is 31.4 Å². The van der Waals surface area contributed by atoms with E-state index in [0.717, 1.165) is 25.0 Å². The molecule has 17 heavy (non-hydrogen) atoms. The van der Waals surface area contributed by atoms with Gasteiger partial charge in [-0.15, -0.1) is 0 Å². The molecule has 0 radical (unpaired) electrons. The van der Waals surface area contributed by atoms with Gasteiger partial charge in [0.25, 0.3) is 0 Å². The van der Waals surface area contributed by atoms with E-state index in [0.29, 0.717) is 6.42 Å². The number of hydrogen-bond acceptors (Lipinski definition) is 1. The zero-order valence-corrected chi connectivity index (χ0v) is 9.25. The minimum atomic E-state index is -0.746. The topological polar surface area (TPSA) is 29.1 Å². The lowest BCUT2D eigenvalue weighted by Crippen LogP contribution is -2.24. The molecule has 0 bridgehead atoms. The van der Waals surface area contributed by atoms with Crippen LogP contribution < -0.4 is 5.32 Å². The molecular weight excluding hydrogens is 224 g/mol. The van der Waals surface area contributed by atoms with Crippen LogP contribution in [0.25, 0.3) is 0 Å². The Kier molecular flexibility index (Phi) is 3.52. The third-order valence-electron chi connectivity index (χ3n) is 2.85. The third-order valence-corrected chi connectivity index (χ3v) is 2.85. The van der Waals surface area contributed by atoms with Crippen LogP contribution in [-0.2, 0) is 4.79 Å². The van der Waals surface area contributed by atoms with Gasteiger partial charge in [-0.3, -0.25) is 4.79 Å². The summed E-state index contributed by atoms with van der Waals surface area (Å²) in [4.78, 5) is 11.8. The maximum Gasteiger partial charge on any atom is 0.227 e. The normalized spacial score (nSPS) is 19.1. The second-order valence-corrected chi connectivity index (χ2v) is 4.07. The smallest absolute Gasteiger partial charge is 0.227 e. The summed E-state index contributed by atoms with van der Waals surface area (Å²) in [6.45, 7) is 0. The molecule has 1 N–H and O–H groups in total. The second-order valence-electron chi connectivity index (χ2n) is 4.07. The Balaban J connectivity index is 2.10. The third kappa shape index (κ3) is 2.70. The highest BCUT2D eigenvalue weighted by Gasteiger charge is 2.21. The first-order valence-electron chi connectivity index (χ1n) is 5.58. The van der Waals surface area contributed by atoms with Crippen molar-refractivity contribution in [3.63, 3.8) is 0 Å². The van der Waals surface area contributed by atoms with E-state index in [2.05, 4.69) is 5.32 Å². The first kappa shape index (κ1) is 11.8. The van der Waals surface area contributed by atoms with E-state index in [4.69, 9.17) is 0 Å². The number of amides is 1. The standard InChI is InChI=1S/C13H13F2NO/c14-10-7-4-8-11(15)12(10)16-13(17)9-5-2-1-3-6-9/h1-2,4,7-9H,3,5-6H2,(H,16,17). The largest absolute Gasteiger partial charge is 0.321 e. The molecule has 0 aliphatic heterocycles. The number of carbonyl (C=O) groups is 1.